The summed E-state index contributed by atoms with van der Waals surface area (Å²) in [5.41, 5.74) is 3.76. The van der Waals surface area contributed by atoms with Crippen molar-refractivity contribution in [2.24, 2.45) is 0 Å². The Morgan fingerprint density at radius 3 is 2.48 bits per heavy atom. The summed E-state index contributed by atoms with van der Waals surface area (Å²) in [6.07, 6.45) is 3.76. The van der Waals surface area contributed by atoms with Gasteiger partial charge in [0.15, 0.2) is 0 Å². The molecule has 1 amide bonds. The Morgan fingerprint density at radius 1 is 1.15 bits per heavy atom. The number of amides is 1. The number of carbonyl (C=O) groups is 1. The van der Waals surface area contributed by atoms with Crippen molar-refractivity contribution < 1.29 is 14.1 Å². The number of nitrogens with zero attached hydrogens (tertiary/aromatic N) is 2. The van der Waals surface area contributed by atoms with Crippen LogP contribution in [-0.4, -0.2) is 16.0 Å². The number of nitrogens with one attached hydrogen (secondary N) is 1. The maximum absolute atomic E-state index is 12.3. The van der Waals surface area contributed by atoms with E-state index in [1.807, 2.05) is 57.2 Å². The molecule has 6 heteroatoms. The van der Waals surface area contributed by atoms with Crippen LogP contribution < -0.4 is 10.1 Å². The molecule has 0 saturated heterocycles. The van der Waals surface area contributed by atoms with Crippen LogP contribution in [0.15, 0.2) is 53.3 Å². The molecule has 3 rings (SSSR count). The molecule has 0 aliphatic carbocycles. The second-order valence-electron chi connectivity index (χ2n) is 6.48. The zero-order valence-corrected chi connectivity index (χ0v) is 15.7. The van der Waals surface area contributed by atoms with Crippen LogP contribution in [0.25, 0.3) is 0 Å². The first-order chi connectivity index (χ1) is 13.0. The lowest BCUT2D eigenvalue weighted by atomic mass is 10.1. The summed E-state index contributed by atoms with van der Waals surface area (Å²) < 4.78 is 10.9. The minimum Gasteiger partial charge on any atom is -0.489 e. The van der Waals surface area contributed by atoms with Gasteiger partial charge in [0.25, 0.3) is 0 Å². The number of hydrogen-bond donors (Lipinski definition) is 1. The molecule has 0 saturated carbocycles. The Morgan fingerprint density at radius 2 is 1.85 bits per heavy atom. The van der Waals surface area contributed by atoms with E-state index in [9.17, 15) is 4.79 Å². The standard InChI is InChI=1S/C21H23N3O3/c1-14(18-8-10-22-11-9-18)23-21(25)12-17-4-6-19(7-5-17)26-13-20-15(2)24-27-16(20)3/h4-11,14H,12-13H2,1-3H3,(H,23,25)/t14-/m1/s1. The highest BCUT2D eigenvalue weighted by Gasteiger charge is 2.11. The molecule has 0 bridgehead atoms. The van der Waals surface area contributed by atoms with Crippen LogP contribution in [0.2, 0.25) is 0 Å². The van der Waals surface area contributed by atoms with E-state index in [0.717, 1.165) is 33.9 Å². The predicted molar refractivity (Wildman–Crippen MR) is 101 cm³/mol. The molecule has 0 spiro atoms. The van der Waals surface area contributed by atoms with Crippen molar-refractivity contribution in [2.45, 2.75) is 39.8 Å². The fourth-order valence-corrected chi connectivity index (χ4v) is 2.78. The molecule has 0 aliphatic rings. The van der Waals surface area contributed by atoms with Gasteiger partial charge in [0, 0.05) is 12.4 Å². The van der Waals surface area contributed by atoms with Gasteiger partial charge in [-0.15, -0.1) is 0 Å². The van der Waals surface area contributed by atoms with E-state index in [1.165, 1.54) is 0 Å². The number of rotatable bonds is 7. The van der Waals surface area contributed by atoms with Gasteiger partial charge in [-0.1, -0.05) is 17.3 Å². The van der Waals surface area contributed by atoms with Crippen LogP contribution in [0.4, 0.5) is 0 Å². The lowest BCUT2D eigenvalue weighted by Crippen LogP contribution is -2.28. The van der Waals surface area contributed by atoms with E-state index in [-0.39, 0.29) is 11.9 Å². The van der Waals surface area contributed by atoms with Gasteiger partial charge in [0.05, 0.1) is 23.7 Å². The highest BCUT2D eigenvalue weighted by Crippen LogP contribution is 2.18. The van der Waals surface area contributed by atoms with Crippen molar-refractivity contribution in [3.63, 3.8) is 0 Å². The summed E-state index contributed by atoms with van der Waals surface area (Å²) in [6, 6.07) is 11.3. The Bertz CT molecular complexity index is 869. The number of hydrogen-bond acceptors (Lipinski definition) is 5. The Kier molecular flexibility index (Phi) is 5.86. The molecule has 1 atom stereocenters. The largest absolute Gasteiger partial charge is 0.489 e. The van der Waals surface area contributed by atoms with Crippen molar-refractivity contribution in [1.82, 2.24) is 15.5 Å². The minimum atomic E-state index is -0.0573. The van der Waals surface area contributed by atoms with E-state index >= 15 is 0 Å². The highest BCUT2D eigenvalue weighted by molar-refractivity contribution is 5.79. The molecule has 0 unspecified atom stereocenters. The third-order valence-corrected chi connectivity index (χ3v) is 4.44. The quantitative estimate of drug-likeness (QED) is 0.691. The Hall–Kier alpha value is -3.15. The zero-order chi connectivity index (χ0) is 19.2. The second-order valence-corrected chi connectivity index (χ2v) is 6.48. The topological polar surface area (TPSA) is 77.2 Å². The SMILES string of the molecule is Cc1noc(C)c1COc1ccc(CC(=O)N[C@H](C)c2ccncc2)cc1. The fourth-order valence-electron chi connectivity index (χ4n) is 2.78. The molecule has 3 aromatic rings. The van der Waals surface area contributed by atoms with Gasteiger partial charge in [-0.3, -0.25) is 9.78 Å². The molecule has 1 N–H and O–H groups in total. The van der Waals surface area contributed by atoms with Crippen molar-refractivity contribution in [3.05, 3.63) is 76.9 Å². The van der Waals surface area contributed by atoms with Gasteiger partial charge in [-0.05, 0) is 56.2 Å². The summed E-state index contributed by atoms with van der Waals surface area (Å²) >= 11 is 0. The summed E-state index contributed by atoms with van der Waals surface area (Å²) in [7, 11) is 0. The van der Waals surface area contributed by atoms with Gasteiger partial charge < -0.3 is 14.6 Å². The van der Waals surface area contributed by atoms with Crippen LogP contribution in [-0.2, 0) is 17.8 Å². The molecular weight excluding hydrogens is 342 g/mol. The summed E-state index contributed by atoms with van der Waals surface area (Å²) in [6.45, 7) is 6.13. The second kappa shape index (κ2) is 8.49. The summed E-state index contributed by atoms with van der Waals surface area (Å²) in [4.78, 5) is 16.3. The fraction of sp³-hybridized carbons (Fsp3) is 0.286. The van der Waals surface area contributed by atoms with E-state index in [2.05, 4.69) is 15.5 Å². The van der Waals surface area contributed by atoms with E-state index in [1.54, 1.807) is 12.4 Å². The van der Waals surface area contributed by atoms with Crippen LogP contribution in [0, 0.1) is 13.8 Å². The molecule has 6 nitrogen and oxygen atoms in total. The minimum absolute atomic E-state index is 0.0244. The van der Waals surface area contributed by atoms with E-state index in [4.69, 9.17) is 9.26 Å². The van der Waals surface area contributed by atoms with Gasteiger partial charge in [0.1, 0.15) is 18.1 Å². The summed E-state index contributed by atoms with van der Waals surface area (Å²) in [5, 5.41) is 6.92. The number of aryl methyl sites for hydroxylation is 2. The predicted octanol–water partition coefficient (Wildman–Crippen LogP) is 3.69. The van der Waals surface area contributed by atoms with E-state index in [0.29, 0.717) is 13.0 Å². The average Bonchev–Trinajstić information content (AvgIpc) is 2.99. The molecule has 140 valence electrons. The number of benzene rings is 1. The van der Waals surface area contributed by atoms with Crippen molar-refractivity contribution >= 4 is 5.91 Å². The Balaban J connectivity index is 1.52. The number of ether oxygens (including phenoxy) is 1. The van der Waals surface area contributed by atoms with Crippen LogP contribution >= 0.6 is 0 Å². The third-order valence-electron chi connectivity index (χ3n) is 4.44. The number of carbonyl (C=O) groups excluding carboxylic acids is 1. The third kappa shape index (κ3) is 4.94. The van der Waals surface area contributed by atoms with Gasteiger partial charge in [-0.25, -0.2) is 0 Å². The number of aromatic nitrogens is 2. The first-order valence-corrected chi connectivity index (χ1v) is 8.85. The van der Waals surface area contributed by atoms with Crippen LogP contribution in [0.5, 0.6) is 5.75 Å². The van der Waals surface area contributed by atoms with Crippen molar-refractivity contribution in [3.8, 4) is 5.75 Å². The maximum atomic E-state index is 12.3. The van der Waals surface area contributed by atoms with Crippen LogP contribution in [0.3, 0.4) is 0 Å². The molecule has 2 aromatic heterocycles. The molecule has 1 aromatic carbocycles. The first kappa shape index (κ1) is 18.6. The molecule has 27 heavy (non-hydrogen) atoms. The van der Waals surface area contributed by atoms with E-state index < -0.39 is 0 Å². The molecule has 2 heterocycles. The zero-order valence-electron chi connectivity index (χ0n) is 15.7. The molecule has 0 fully saturated rings. The van der Waals surface area contributed by atoms with Gasteiger partial charge in [0.2, 0.25) is 5.91 Å². The Labute approximate surface area is 158 Å². The summed E-state index contributed by atoms with van der Waals surface area (Å²) in [5.74, 6) is 1.48. The van der Waals surface area contributed by atoms with Crippen molar-refractivity contribution in [2.75, 3.05) is 0 Å². The lowest BCUT2D eigenvalue weighted by Gasteiger charge is -2.14. The molecule has 0 aliphatic heterocycles. The van der Waals surface area contributed by atoms with Gasteiger partial charge >= 0.3 is 0 Å². The van der Waals surface area contributed by atoms with Crippen LogP contribution in [0.1, 0.15) is 41.1 Å². The average molecular weight is 365 g/mol. The highest BCUT2D eigenvalue weighted by atomic mass is 16.5. The molecular formula is C21H23N3O3. The van der Waals surface area contributed by atoms with Crippen molar-refractivity contribution in [1.29, 1.82) is 0 Å². The van der Waals surface area contributed by atoms with Gasteiger partial charge in [-0.2, -0.15) is 0 Å². The maximum Gasteiger partial charge on any atom is 0.224 e. The molecule has 0 radical (unpaired) electrons. The smallest absolute Gasteiger partial charge is 0.224 e. The normalized spacial score (nSPS) is 11.8. The lowest BCUT2D eigenvalue weighted by molar-refractivity contribution is -0.121. The first-order valence-electron chi connectivity index (χ1n) is 8.85. The monoisotopic (exact) mass is 365 g/mol. The number of pyridine rings is 1.